The summed E-state index contributed by atoms with van der Waals surface area (Å²) in [5, 5.41) is 6.44. The van der Waals surface area contributed by atoms with Crippen molar-refractivity contribution in [3.05, 3.63) is 45.6 Å². The first-order valence-electron chi connectivity index (χ1n) is 6.39. The van der Waals surface area contributed by atoms with Crippen molar-refractivity contribution in [1.82, 2.24) is 0 Å². The van der Waals surface area contributed by atoms with Gasteiger partial charge >= 0.3 is 5.97 Å². The number of hydrogen-bond donors (Lipinski definition) is 1. The van der Waals surface area contributed by atoms with E-state index in [0.717, 1.165) is 0 Å². The Morgan fingerprint density at radius 3 is 2.68 bits per heavy atom. The van der Waals surface area contributed by atoms with E-state index >= 15 is 0 Å². The van der Waals surface area contributed by atoms with E-state index in [2.05, 4.69) is 5.32 Å². The second-order valence-corrected chi connectivity index (χ2v) is 5.59. The first-order chi connectivity index (χ1) is 10.5. The molecule has 0 aliphatic heterocycles. The van der Waals surface area contributed by atoms with Crippen LogP contribution in [-0.2, 0) is 9.53 Å². The molecule has 2 aromatic rings. The summed E-state index contributed by atoms with van der Waals surface area (Å²) in [4.78, 5) is 23.8. The maximum atomic E-state index is 12.0. The zero-order chi connectivity index (χ0) is 16.1. The average molecular weight is 340 g/mol. The summed E-state index contributed by atoms with van der Waals surface area (Å²) in [5.41, 5.74) is 0.923. The average Bonchev–Trinajstić information content (AvgIpc) is 3.01. The van der Waals surface area contributed by atoms with Gasteiger partial charge in [0.05, 0.1) is 17.7 Å². The van der Waals surface area contributed by atoms with Gasteiger partial charge in [-0.25, -0.2) is 4.79 Å². The van der Waals surface area contributed by atoms with E-state index in [1.54, 1.807) is 35.0 Å². The number of amides is 1. The van der Waals surface area contributed by atoms with E-state index in [0.29, 0.717) is 22.0 Å². The maximum absolute atomic E-state index is 12.0. The molecule has 1 N–H and O–H groups in total. The number of methoxy groups -OCH3 is 1. The molecule has 0 fully saturated rings. The Morgan fingerprint density at radius 1 is 1.32 bits per heavy atom. The number of benzene rings is 1. The van der Waals surface area contributed by atoms with Crippen LogP contribution in [0.2, 0.25) is 5.02 Å². The molecule has 0 aliphatic carbocycles. The van der Waals surface area contributed by atoms with Crippen molar-refractivity contribution in [3.63, 3.8) is 0 Å². The number of hydrogen-bond acceptors (Lipinski definition) is 5. The molecule has 1 atom stereocenters. The van der Waals surface area contributed by atoms with E-state index in [1.165, 1.54) is 25.4 Å². The Labute approximate surface area is 136 Å². The molecule has 0 aliphatic rings. The summed E-state index contributed by atoms with van der Waals surface area (Å²) in [6, 6.07) is 6.49. The minimum atomic E-state index is -0.923. The quantitative estimate of drug-likeness (QED) is 0.845. The molecule has 1 heterocycles. The molecule has 0 unspecified atom stereocenters. The molecular formula is C15H14ClNO4S. The molecule has 1 aromatic heterocycles. The number of nitrogens with one attached hydrogen (secondary N) is 1. The molecule has 0 spiro atoms. The lowest BCUT2D eigenvalue weighted by Gasteiger charge is -2.13. The fraction of sp³-hybridized carbons (Fsp3) is 0.200. The first-order valence-corrected chi connectivity index (χ1v) is 7.71. The van der Waals surface area contributed by atoms with Gasteiger partial charge < -0.3 is 14.8 Å². The summed E-state index contributed by atoms with van der Waals surface area (Å²) in [7, 11) is 1.51. The highest BCUT2D eigenvalue weighted by Gasteiger charge is 2.19. The highest BCUT2D eigenvalue weighted by atomic mass is 35.5. The number of rotatable bonds is 5. The lowest BCUT2D eigenvalue weighted by molar-refractivity contribution is -0.123. The van der Waals surface area contributed by atoms with Crippen LogP contribution in [0.3, 0.4) is 0 Å². The molecule has 1 aromatic carbocycles. The van der Waals surface area contributed by atoms with Crippen LogP contribution in [0.25, 0.3) is 0 Å². The molecule has 0 saturated heterocycles. The molecule has 0 bridgehead atoms. The van der Waals surface area contributed by atoms with E-state index in [4.69, 9.17) is 21.1 Å². The van der Waals surface area contributed by atoms with Crippen molar-refractivity contribution < 1.29 is 19.1 Å². The zero-order valence-electron chi connectivity index (χ0n) is 12.0. The lowest BCUT2D eigenvalue weighted by Crippen LogP contribution is -2.29. The van der Waals surface area contributed by atoms with Crippen molar-refractivity contribution in [1.29, 1.82) is 0 Å². The SMILES string of the molecule is COc1ccc(NC(=O)[C@@H](C)OC(=O)c2ccsc2)cc1Cl. The van der Waals surface area contributed by atoms with E-state index in [-0.39, 0.29) is 0 Å². The zero-order valence-corrected chi connectivity index (χ0v) is 13.5. The third kappa shape index (κ3) is 3.99. The van der Waals surface area contributed by atoms with Crippen LogP contribution in [0.15, 0.2) is 35.0 Å². The predicted octanol–water partition coefficient (Wildman–Crippen LogP) is 3.59. The summed E-state index contributed by atoms with van der Waals surface area (Å²) >= 11 is 7.37. The van der Waals surface area contributed by atoms with Gasteiger partial charge in [0.1, 0.15) is 5.75 Å². The second kappa shape index (κ2) is 7.29. The Kier molecular flexibility index (Phi) is 5.41. The van der Waals surface area contributed by atoms with Crippen LogP contribution < -0.4 is 10.1 Å². The number of carbonyl (C=O) groups is 2. The largest absolute Gasteiger partial charge is 0.495 e. The standard InChI is InChI=1S/C15H14ClNO4S/c1-9(21-15(19)10-5-6-22-8-10)14(18)17-11-3-4-13(20-2)12(16)7-11/h3-9H,1-2H3,(H,17,18)/t9-/m1/s1. The monoisotopic (exact) mass is 339 g/mol. The first kappa shape index (κ1) is 16.3. The maximum Gasteiger partial charge on any atom is 0.339 e. The highest BCUT2D eigenvalue weighted by molar-refractivity contribution is 7.08. The van der Waals surface area contributed by atoms with Gasteiger partial charge in [0.25, 0.3) is 5.91 Å². The van der Waals surface area contributed by atoms with Gasteiger partial charge in [0.15, 0.2) is 6.10 Å². The van der Waals surface area contributed by atoms with Crippen molar-refractivity contribution in [2.75, 3.05) is 12.4 Å². The van der Waals surface area contributed by atoms with Crippen LogP contribution in [-0.4, -0.2) is 25.1 Å². The number of thiophene rings is 1. The molecule has 2 rings (SSSR count). The second-order valence-electron chi connectivity index (χ2n) is 4.40. The topological polar surface area (TPSA) is 64.6 Å². The molecule has 0 saturated carbocycles. The number of esters is 1. The van der Waals surface area contributed by atoms with E-state index < -0.39 is 18.0 Å². The summed E-state index contributed by atoms with van der Waals surface area (Å²) in [6.07, 6.45) is -0.923. The molecular weight excluding hydrogens is 326 g/mol. The molecule has 7 heteroatoms. The van der Waals surface area contributed by atoms with E-state index in [1.807, 2.05) is 0 Å². The number of anilines is 1. The van der Waals surface area contributed by atoms with Gasteiger partial charge in [-0.05, 0) is 36.6 Å². The van der Waals surface area contributed by atoms with Crippen molar-refractivity contribution >= 4 is 40.5 Å². The van der Waals surface area contributed by atoms with Crippen molar-refractivity contribution in [2.45, 2.75) is 13.0 Å². The van der Waals surface area contributed by atoms with Crippen LogP contribution in [0.4, 0.5) is 5.69 Å². The third-order valence-electron chi connectivity index (χ3n) is 2.83. The molecule has 116 valence electrons. The number of carbonyl (C=O) groups excluding carboxylic acids is 2. The number of ether oxygens (including phenoxy) is 2. The van der Waals surface area contributed by atoms with Gasteiger partial charge in [0, 0.05) is 11.1 Å². The Balaban J connectivity index is 1.96. The smallest absolute Gasteiger partial charge is 0.339 e. The third-order valence-corrected chi connectivity index (χ3v) is 3.81. The van der Waals surface area contributed by atoms with Crippen molar-refractivity contribution in [3.8, 4) is 5.75 Å². The van der Waals surface area contributed by atoms with Gasteiger partial charge in [0.2, 0.25) is 0 Å². The van der Waals surface area contributed by atoms with Crippen LogP contribution in [0.5, 0.6) is 5.75 Å². The fourth-order valence-electron chi connectivity index (χ4n) is 1.65. The number of halogens is 1. The lowest BCUT2D eigenvalue weighted by atomic mass is 10.2. The van der Waals surface area contributed by atoms with Crippen LogP contribution in [0, 0.1) is 0 Å². The van der Waals surface area contributed by atoms with Crippen LogP contribution in [0.1, 0.15) is 17.3 Å². The van der Waals surface area contributed by atoms with Gasteiger partial charge in [-0.15, -0.1) is 0 Å². The minimum absolute atomic E-state index is 0.378. The molecule has 1 amide bonds. The predicted molar refractivity (Wildman–Crippen MR) is 85.8 cm³/mol. The van der Waals surface area contributed by atoms with Gasteiger partial charge in [-0.2, -0.15) is 11.3 Å². The normalized spacial score (nSPS) is 11.6. The Morgan fingerprint density at radius 2 is 2.09 bits per heavy atom. The van der Waals surface area contributed by atoms with E-state index in [9.17, 15) is 9.59 Å². The summed E-state index contributed by atoms with van der Waals surface area (Å²) < 4.78 is 10.1. The van der Waals surface area contributed by atoms with Gasteiger partial charge in [-0.3, -0.25) is 4.79 Å². The van der Waals surface area contributed by atoms with Crippen LogP contribution >= 0.6 is 22.9 Å². The summed E-state index contributed by atoms with van der Waals surface area (Å²) in [6.45, 7) is 1.50. The molecule has 5 nitrogen and oxygen atoms in total. The summed E-state index contributed by atoms with van der Waals surface area (Å²) in [5.74, 6) is -0.460. The Hall–Kier alpha value is -2.05. The molecule has 0 radical (unpaired) electrons. The highest BCUT2D eigenvalue weighted by Crippen LogP contribution is 2.27. The minimum Gasteiger partial charge on any atom is -0.495 e. The molecule has 22 heavy (non-hydrogen) atoms. The van der Waals surface area contributed by atoms with Gasteiger partial charge in [-0.1, -0.05) is 11.6 Å². The fourth-order valence-corrected chi connectivity index (χ4v) is 2.53. The Bertz CT molecular complexity index is 672. The van der Waals surface area contributed by atoms with Crippen molar-refractivity contribution in [2.24, 2.45) is 0 Å².